The summed E-state index contributed by atoms with van der Waals surface area (Å²) in [6.45, 7) is 0.463. The van der Waals surface area contributed by atoms with E-state index >= 15 is 0 Å². The van der Waals surface area contributed by atoms with Gasteiger partial charge in [0.1, 0.15) is 5.75 Å². The van der Waals surface area contributed by atoms with E-state index < -0.39 is 0 Å². The van der Waals surface area contributed by atoms with Crippen LogP contribution in [-0.2, 0) is 6.42 Å². The molecule has 0 saturated heterocycles. The maximum absolute atomic E-state index is 12.6. The topological polar surface area (TPSA) is 78.9 Å². The molecule has 0 unspecified atom stereocenters. The summed E-state index contributed by atoms with van der Waals surface area (Å²) in [5.41, 5.74) is 2.37. The molecule has 0 aliphatic rings. The summed E-state index contributed by atoms with van der Waals surface area (Å²) in [6, 6.07) is 11.0. The van der Waals surface area contributed by atoms with E-state index in [1.165, 1.54) is 21.3 Å². The highest BCUT2D eigenvalue weighted by molar-refractivity contribution is 7.09. The quantitative estimate of drug-likeness (QED) is 0.558. The van der Waals surface area contributed by atoms with Gasteiger partial charge in [-0.3, -0.25) is 4.79 Å². The number of benzene rings is 2. The van der Waals surface area contributed by atoms with Gasteiger partial charge in [-0.15, -0.1) is 11.3 Å². The van der Waals surface area contributed by atoms with Crippen molar-refractivity contribution in [3.63, 3.8) is 0 Å². The van der Waals surface area contributed by atoms with E-state index in [0.717, 1.165) is 22.0 Å². The lowest BCUT2D eigenvalue weighted by Gasteiger charge is -2.14. The molecule has 3 rings (SSSR count). The van der Waals surface area contributed by atoms with Gasteiger partial charge >= 0.3 is 0 Å². The summed E-state index contributed by atoms with van der Waals surface area (Å²) in [7, 11) is 6.19. The Labute approximate surface area is 179 Å². The predicted molar refractivity (Wildman–Crippen MR) is 116 cm³/mol. The van der Waals surface area contributed by atoms with Gasteiger partial charge in [0.05, 0.1) is 39.1 Å². The van der Waals surface area contributed by atoms with Crippen LogP contribution in [0, 0.1) is 0 Å². The van der Waals surface area contributed by atoms with Crippen molar-refractivity contribution in [3.05, 3.63) is 52.3 Å². The molecule has 1 amide bonds. The molecule has 1 aromatic heterocycles. The van der Waals surface area contributed by atoms with Gasteiger partial charge in [-0.2, -0.15) is 0 Å². The molecule has 1 N–H and O–H groups in total. The minimum atomic E-state index is -0.221. The molecule has 0 radical (unpaired) electrons. The highest BCUT2D eigenvalue weighted by Gasteiger charge is 2.17. The Morgan fingerprint density at radius 3 is 2.20 bits per heavy atom. The number of carbonyl (C=O) groups excluding carboxylic acids is 1. The van der Waals surface area contributed by atoms with E-state index in [1.807, 2.05) is 29.6 Å². The Morgan fingerprint density at radius 2 is 1.63 bits per heavy atom. The highest BCUT2D eigenvalue weighted by atomic mass is 32.1. The minimum absolute atomic E-state index is 0.221. The second kappa shape index (κ2) is 9.98. The Kier molecular flexibility index (Phi) is 7.13. The van der Waals surface area contributed by atoms with Crippen molar-refractivity contribution in [1.29, 1.82) is 0 Å². The number of nitrogens with one attached hydrogen (secondary N) is 1. The van der Waals surface area contributed by atoms with Crippen LogP contribution >= 0.6 is 11.3 Å². The van der Waals surface area contributed by atoms with Crippen LogP contribution in [0.3, 0.4) is 0 Å². The van der Waals surface area contributed by atoms with Crippen LogP contribution in [0.25, 0.3) is 11.3 Å². The number of nitrogens with zero attached hydrogens (tertiary/aromatic N) is 1. The molecule has 0 aliphatic heterocycles. The van der Waals surface area contributed by atoms with Gasteiger partial charge in [-0.25, -0.2) is 4.98 Å². The van der Waals surface area contributed by atoms with E-state index in [1.54, 1.807) is 30.6 Å². The zero-order valence-electron chi connectivity index (χ0n) is 17.4. The van der Waals surface area contributed by atoms with Gasteiger partial charge in [0, 0.05) is 29.5 Å². The van der Waals surface area contributed by atoms with Gasteiger partial charge < -0.3 is 24.3 Å². The predicted octanol–water partition coefficient (Wildman–Crippen LogP) is 3.82. The molecular formula is C22H24N2O5S. The molecule has 2 aromatic carbocycles. The van der Waals surface area contributed by atoms with Gasteiger partial charge in [0.2, 0.25) is 5.75 Å². The number of aromatic nitrogens is 1. The summed E-state index contributed by atoms with van der Waals surface area (Å²) in [4.78, 5) is 17.2. The summed E-state index contributed by atoms with van der Waals surface area (Å²) in [6.07, 6.45) is 0.636. The standard InChI is InChI=1S/C22H24N2O5S/c1-26-16-7-5-14(6-8-16)17-13-30-20(24-17)9-10-23-22(25)15-11-18(27-2)21(29-4)19(12-15)28-3/h5-8,11-13H,9-10H2,1-4H3,(H,23,25). The lowest BCUT2D eigenvalue weighted by atomic mass is 10.1. The molecule has 0 aliphatic carbocycles. The lowest BCUT2D eigenvalue weighted by molar-refractivity contribution is 0.0953. The average molecular weight is 429 g/mol. The second-order valence-electron chi connectivity index (χ2n) is 6.27. The maximum Gasteiger partial charge on any atom is 0.251 e. The Morgan fingerprint density at radius 1 is 0.967 bits per heavy atom. The zero-order chi connectivity index (χ0) is 21.5. The van der Waals surface area contributed by atoms with Crippen molar-refractivity contribution in [2.45, 2.75) is 6.42 Å². The molecule has 0 fully saturated rings. The maximum atomic E-state index is 12.6. The van der Waals surface area contributed by atoms with Crippen molar-refractivity contribution in [2.75, 3.05) is 35.0 Å². The largest absolute Gasteiger partial charge is 0.497 e. The van der Waals surface area contributed by atoms with Gasteiger partial charge in [-0.1, -0.05) is 0 Å². The van der Waals surface area contributed by atoms with Crippen LogP contribution < -0.4 is 24.3 Å². The van der Waals surface area contributed by atoms with Crippen molar-refractivity contribution < 1.29 is 23.7 Å². The summed E-state index contributed by atoms with van der Waals surface area (Å²) >= 11 is 1.57. The molecule has 7 nitrogen and oxygen atoms in total. The molecule has 0 saturated carbocycles. The summed E-state index contributed by atoms with van der Waals surface area (Å²) in [5.74, 6) is 1.91. The number of ether oxygens (including phenoxy) is 4. The fourth-order valence-electron chi connectivity index (χ4n) is 2.92. The van der Waals surface area contributed by atoms with E-state index in [-0.39, 0.29) is 5.91 Å². The second-order valence-corrected chi connectivity index (χ2v) is 7.22. The summed E-state index contributed by atoms with van der Waals surface area (Å²) in [5, 5.41) is 5.87. The molecule has 30 heavy (non-hydrogen) atoms. The third-order valence-electron chi connectivity index (χ3n) is 4.49. The SMILES string of the molecule is COc1ccc(-c2csc(CCNC(=O)c3cc(OC)c(OC)c(OC)c3)n2)cc1. The molecule has 8 heteroatoms. The van der Waals surface area contributed by atoms with Gasteiger partial charge in [-0.05, 0) is 36.4 Å². The number of carbonyl (C=O) groups is 1. The van der Waals surface area contributed by atoms with Crippen molar-refractivity contribution in [1.82, 2.24) is 10.3 Å². The average Bonchev–Trinajstić information content (AvgIpc) is 3.26. The van der Waals surface area contributed by atoms with Crippen LogP contribution in [0.5, 0.6) is 23.0 Å². The number of rotatable bonds is 9. The Hall–Kier alpha value is -3.26. The number of thiazole rings is 1. The van der Waals surface area contributed by atoms with Crippen LogP contribution in [0.4, 0.5) is 0 Å². The monoisotopic (exact) mass is 428 g/mol. The molecule has 1 heterocycles. The van der Waals surface area contributed by atoms with Crippen molar-refractivity contribution in [2.24, 2.45) is 0 Å². The number of methoxy groups -OCH3 is 4. The third-order valence-corrected chi connectivity index (χ3v) is 5.40. The number of hydrogen-bond donors (Lipinski definition) is 1. The molecule has 0 bridgehead atoms. The smallest absolute Gasteiger partial charge is 0.251 e. The fourth-order valence-corrected chi connectivity index (χ4v) is 3.72. The van der Waals surface area contributed by atoms with Crippen LogP contribution in [0.2, 0.25) is 0 Å². The number of hydrogen-bond acceptors (Lipinski definition) is 7. The zero-order valence-corrected chi connectivity index (χ0v) is 18.2. The molecule has 0 spiro atoms. The third kappa shape index (κ3) is 4.83. The molecule has 3 aromatic rings. The first kappa shape index (κ1) is 21.4. The Bertz CT molecular complexity index is 976. The summed E-state index contributed by atoms with van der Waals surface area (Å²) < 4.78 is 21.1. The Balaban J connectivity index is 1.61. The van der Waals surface area contributed by atoms with Crippen molar-refractivity contribution >= 4 is 17.2 Å². The molecule has 0 atom stereocenters. The minimum Gasteiger partial charge on any atom is -0.497 e. The first-order valence-corrected chi connectivity index (χ1v) is 10.1. The van der Waals surface area contributed by atoms with E-state index in [0.29, 0.717) is 35.8 Å². The van der Waals surface area contributed by atoms with Crippen LogP contribution in [0.1, 0.15) is 15.4 Å². The van der Waals surface area contributed by atoms with Crippen LogP contribution in [-0.4, -0.2) is 45.9 Å². The normalized spacial score (nSPS) is 10.4. The fraction of sp³-hybridized carbons (Fsp3) is 0.273. The highest BCUT2D eigenvalue weighted by Crippen LogP contribution is 2.38. The van der Waals surface area contributed by atoms with Crippen molar-refractivity contribution in [3.8, 4) is 34.3 Å². The first-order valence-electron chi connectivity index (χ1n) is 9.26. The van der Waals surface area contributed by atoms with Gasteiger partial charge in [0.15, 0.2) is 11.5 Å². The van der Waals surface area contributed by atoms with Crippen LogP contribution in [0.15, 0.2) is 41.8 Å². The van der Waals surface area contributed by atoms with E-state index in [9.17, 15) is 4.79 Å². The van der Waals surface area contributed by atoms with Gasteiger partial charge in [0.25, 0.3) is 5.91 Å². The molecular weight excluding hydrogens is 404 g/mol. The van der Waals surface area contributed by atoms with E-state index in [4.69, 9.17) is 18.9 Å². The van der Waals surface area contributed by atoms with E-state index in [2.05, 4.69) is 10.3 Å². The first-order chi connectivity index (χ1) is 14.6. The lowest BCUT2D eigenvalue weighted by Crippen LogP contribution is -2.25. The number of amides is 1. The molecule has 158 valence electrons.